The highest BCUT2D eigenvalue weighted by atomic mass is 32.2. The average Bonchev–Trinajstić information content (AvgIpc) is 3.56. The van der Waals surface area contributed by atoms with E-state index in [2.05, 4.69) is 19.9 Å². The number of aromatic nitrogens is 4. The van der Waals surface area contributed by atoms with Crippen molar-refractivity contribution in [1.29, 1.82) is 0 Å². The molecule has 34 heavy (non-hydrogen) atoms. The minimum atomic E-state index is -3.37. The maximum Gasteiger partial charge on any atom is 0.197 e. The van der Waals surface area contributed by atoms with Crippen LogP contribution in [0.15, 0.2) is 43.0 Å². The fourth-order valence-corrected chi connectivity index (χ4v) is 6.11. The monoisotopic (exact) mass is 485 g/mol. The molecule has 2 aromatic heterocycles. The van der Waals surface area contributed by atoms with Crippen molar-refractivity contribution in [2.75, 3.05) is 18.0 Å². The largest absolute Gasteiger partial charge is 0.366 e. The summed E-state index contributed by atoms with van der Waals surface area (Å²) in [4.78, 5) is 18.6. The summed E-state index contributed by atoms with van der Waals surface area (Å²) in [5.41, 5.74) is 1.72. The lowest BCUT2D eigenvalue weighted by atomic mass is 10.0. The Balaban J connectivity index is 1.32. The van der Waals surface area contributed by atoms with Crippen molar-refractivity contribution in [1.82, 2.24) is 19.9 Å². The molecule has 0 radical (unpaired) electrons. The van der Waals surface area contributed by atoms with Gasteiger partial charge in [0.25, 0.3) is 0 Å². The normalized spacial score (nSPS) is 20.8. The number of benzene rings is 1. The number of anilines is 1. The van der Waals surface area contributed by atoms with Crippen molar-refractivity contribution >= 4 is 15.5 Å². The number of rotatable bonds is 5. The van der Waals surface area contributed by atoms with Crippen LogP contribution in [0.3, 0.4) is 0 Å². The predicted octanol–water partition coefficient (Wildman–Crippen LogP) is 3.88. The summed E-state index contributed by atoms with van der Waals surface area (Å²) in [5, 5.41) is -0.587. The Morgan fingerprint density at radius 1 is 0.912 bits per heavy atom. The maximum atomic E-state index is 14.6. The Morgan fingerprint density at radius 3 is 2.12 bits per heavy atom. The number of hydrogen-bond acceptors (Lipinski definition) is 7. The molecule has 2 fully saturated rings. The molecule has 2 atom stereocenters. The molecule has 7 nitrogen and oxygen atoms in total. The van der Waals surface area contributed by atoms with Gasteiger partial charge in [-0.25, -0.2) is 37.1 Å². The standard InChI is InChI=1S/C24H25F2N5O2S/c1-24(2,3)34(32,33)16-12-31(13-16)20-8-14(7-19(25)21(20)26)17-9-18(17)15-10-29-23(30-11-15)22-27-5-4-6-28-22/h4-8,10-11,16-18H,9,12-13H2,1-3H3. The van der Waals surface area contributed by atoms with Crippen LogP contribution in [-0.2, 0) is 9.84 Å². The van der Waals surface area contributed by atoms with E-state index in [0.717, 1.165) is 12.0 Å². The molecule has 2 aliphatic rings. The van der Waals surface area contributed by atoms with Crippen LogP contribution in [0.25, 0.3) is 11.6 Å². The fraction of sp³-hybridized carbons (Fsp3) is 0.417. The van der Waals surface area contributed by atoms with Gasteiger partial charge < -0.3 is 4.90 Å². The molecule has 0 spiro atoms. The highest BCUT2D eigenvalue weighted by molar-refractivity contribution is 7.93. The first-order valence-corrected chi connectivity index (χ1v) is 12.7. The van der Waals surface area contributed by atoms with Crippen LogP contribution in [0.4, 0.5) is 14.5 Å². The first-order chi connectivity index (χ1) is 16.1. The van der Waals surface area contributed by atoms with Gasteiger partial charge in [0.15, 0.2) is 33.1 Å². The van der Waals surface area contributed by atoms with Crippen molar-refractivity contribution in [3.05, 3.63) is 65.7 Å². The van der Waals surface area contributed by atoms with Crippen LogP contribution in [-0.4, -0.2) is 51.4 Å². The maximum absolute atomic E-state index is 14.6. The van der Waals surface area contributed by atoms with Gasteiger partial charge in [-0.1, -0.05) is 0 Å². The van der Waals surface area contributed by atoms with Gasteiger partial charge in [-0.05, 0) is 68.4 Å². The predicted molar refractivity (Wildman–Crippen MR) is 124 cm³/mol. The van der Waals surface area contributed by atoms with E-state index in [1.54, 1.807) is 62.6 Å². The number of sulfone groups is 1. The minimum Gasteiger partial charge on any atom is -0.366 e. The third kappa shape index (κ3) is 3.93. The zero-order valence-electron chi connectivity index (χ0n) is 19.1. The number of halogens is 2. The average molecular weight is 486 g/mol. The van der Waals surface area contributed by atoms with E-state index in [1.807, 2.05) is 0 Å². The molecule has 178 valence electrons. The van der Waals surface area contributed by atoms with E-state index >= 15 is 0 Å². The molecule has 3 aromatic rings. The molecule has 2 unspecified atom stereocenters. The van der Waals surface area contributed by atoms with E-state index in [0.29, 0.717) is 17.2 Å². The highest BCUT2D eigenvalue weighted by Gasteiger charge is 2.45. The molecule has 1 aliphatic heterocycles. The Kier molecular flexibility index (Phi) is 5.38. The molecule has 1 aliphatic carbocycles. The molecule has 10 heteroatoms. The molecule has 5 rings (SSSR count). The quantitative estimate of drug-likeness (QED) is 0.542. The zero-order valence-corrected chi connectivity index (χ0v) is 19.9. The van der Waals surface area contributed by atoms with Crippen molar-refractivity contribution < 1.29 is 17.2 Å². The second kappa shape index (κ2) is 8.04. The topological polar surface area (TPSA) is 88.9 Å². The Labute approximate surface area is 197 Å². The van der Waals surface area contributed by atoms with Gasteiger partial charge >= 0.3 is 0 Å². The van der Waals surface area contributed by atoms with Crippen LogP contribution in [0.5, 0.6) is 0 Å². The summed E-state index contributed by atoms with van der Waals surface area (Å²) in [7, 11) is -3.37. The van der Waals surface area contributed by atoms with Crippen molar-refractivity contribution in [2.45, 2.75) is 49.0 Å². The summed E-state index contributed by atoms with van der Waals surface area (Å²) < 4.78 is 53.5. The van der Waals surface area contributed by atoms with Crippen molar-refractivity contribution in [3.63, 3.8) is 0 Å². The first-order valence-electron chi connectivity index (χ1n) is 11.1. The molecule has 0 amide bonds. The van der Waals surface area contributed by atoms with Crippen LogP contribution in [0, 0.1) is 11.6 Å². The smallest absolute Gasteiger partial charge is 0.197 e. The lowest BCUT2D eigenvalue weighted by Crippen LogP contribution is -2.58. The summed E-state index contributed by atoms with van der Waals surface area (Å²) >= 11 is 0. The van der Waals surface area contributed by atoms with E-state index < -0.39 is 31.5 Å². The van der Waals surface area contributed by atoms with Gasteiger partial charge in [-0.3, -0.25) is 0 Å². The Bertz CT molecular complexity index is 1320. The molecule has 1 saturated carbocycles. The Hall–Kier alpha value is -3.01. The molecule has 1 saturated heterocycles. The summed E-state index contributed by atoms with van der Waals surface area (Å²) in [6.45, 7) is 5.28. The summed E-state index contributed by atoms with van der Waals surface area (Å²) in [6.07, 6.45) is 7.46. The van der Waals surface area contributed by atoms with E-state index in [-0.39, 0.29) is 30.6 Å². The van der Waals surface area contributed by atoms with Gasteiger partial charge in [0.2, 0.25) is 0 Å². The van der Waals surface area contributed by atoms with Gasteiger partial charge in [0.1, 0.15) is 0 Å². The third-order valence-corrected chi connectivity index (χ3v) is 9.48. The second-order valence-electron chi connectivity index (χ2n) is 9.88. The van der Waals surface area contributed by atoms with Gasteiger partial charge in [0.05, 0.1) is 15.7 Å². The fourth-order valence-electron chi connectivity index (χ4n) is 4.36. The van der Waals surface area contributed by atoms with Crippen molar-refractivity contribution in [3.8, 4) is 11.6 Å². The molecular formula is C24H25F2N5O2S. The Morgan fingerprint density at radius 2 is 1.50 bits per heavy atom. The van der Waals surface area contributed by atoms with Crippen LogP contribution < -0.4 is 4.90 Å². The zero-order chi connectivity index (χ0) is 24.3. The molecule has 0 bridgehead atoms. The van der Waals surface area contributed by atoms with E-state index in [4.69, 9.17) is 0 Å². The van der Waals surface area contributed by atoms with E-state index in [9.17, 15) is 17.2 Å². The lowest BCUT2D eigenvalue weighted by Gasteiger charge is -2.43. The molecule has 1 aromatic carbocycles. The number of hydrogen-bond donors (Lipinski definition) is 0. The van der Waals surface area contributed by atoms with Gasteiger partial charge in [-0.15, -0.1) is 0 Å². The lowest BCUT2D eigenvalue weighted by molar-refractivity contribution is 0.485. The van der Waals surface area contributed by atoms with Gasteiger partial charge in [0, 0.05) is 37.9 Å². The van der Waals surface area contributed by atoms with Crippen LogP contribution in [0.1, 0.15) is 50.2 Å². The number of nitrogens with zero attached hydrogens (tertiary/aromatic N) is 5. The highest BCUT2D eigenvalue weighted by Crippen LogP contribution is 2.55. The summed E-state index contributed by atoms with van der Waals surface area (Å²) in [5.74, 6) is -0.876. The first kappa shape index (κ1) is 22.8. The SMILES string of the molecule is CC(C)(C)S(=O)(=O)C1CN(c2cc(C3CC3c3cnc(-c4ncccn4)nc3)cc(F)c2F)C1. The summed E-state index contributed by atoms with van der Waals surface area (Å²) in [6, 6.07) is 4.60. The third-order valence-electron chi connectivity index (χ3n) is 6.60. The van der Waals surface area contributed by atoms with Crippen LogP contribution >= 0.6 is 0 Å². The minimum absolute atomic E-state index is 0.0201. The van der Waals surface area contributed by atoms with Crippen molar-refractivity contribution in [2.24, 2.45) is 0 Å². The van der Waals surface area contributed by atoms with E-state index in [1.165, 1.54) is 6.07 Å². The second-order valence-corrected chi connectivity index (χ2v) is 12.9. The molecular weight excluding hydrogens is 460 g/mol. The van der Waals surface area contributed by atoms with Gasteiger partial charge in [-0.2, -0.15) is 0 Å². The van der Waals surface area contributed by atoms with Crippen LogP contribution in [0.2, 0.25) is 0 Å². The molecule has 3 heterocycles. The molecule has 0 N–H and O–H groups in total.